The normalized spacial score (nSPS) is 13.0. The molecular weight excluding hydrogens is 1520 g/mol. The molecule has 0 unspecified atom stereocenters. The Morgan fingerprint density at radius 2 is 0.922 bits per heavy atom. The summed E-state index contributed by atoms with van der Waals surface area (Å²) in [5.41, 5.74) is 7.93. The van der Waals surface area contributed by atoms with Crippen LogP contribution in [0, 0.1) is 0 Å². The molecule has 0 aliphatic carbocycles. The molecule has 13 aromatic rings. The summed E-state index contributed by atoms with van der Waals surface area (Å²) >= 11 is 32.6. The Labute approximate surface area is 672 Å². The average molecular weight is 1590 g/mol. The zero-order valence-corrected chi connectivity index (χ0v) is 67.4. The maximum absolute atomic E-state index is 8.64. The standard InChI is InChI=1S/C24H19ClN2S.C20H27BO2.C10H4BrClN2S.C10H4Cl2N2S.CH2O3.CH4.2BrH.2K.H/c1-24(2,3)18-12-15(11-14-7-4-5-8-16(14)18)20-13-21-22(27-26-20)17-9-6-10-19(25)23(17)28-21;1-18(2,3)17-13-15(12-14-10-8-9-11-16(14)17)21-22-19(4,5)20(6,7)23-21;11-8-4-7-9(14-13-8)5-2-1-3-6(12)10(5)15-7;11-6-3-1-2-5-9-7(15-10(5)6)4-8(12)13-14-9;2-1-4-3;;;;;;/h4-13H,1-3H3;8-13H,1-7H3;2*1-4H;1,3H;1H4;2*1H;;;/q;;;;;;;;2*+1;-1/p-1. The molecule has 0 spiro atoms. The Bertz CT molecular complexity index is 4560. The largest absolute Gasteiger partial charge is 1.00 e. The Kier molecular flexibility index (Phi) is 28.9. The topological polar surface area (TPSA) is 145 Å². The Morgan fingerprint density at radius 3 is 1.38 bits per heavy atom. The minimum Gasteiger partial charge on any atom is -1.00 e. The van der Waals surface area contributed by atoms with Gasteiger partial charge in [-0.05, 0) is 141 Å². The second-order valence-electron chi connectivity index (χ2n) is 23.2. The smallest absolute Gasteiger partial charge is 1.00 e. The van der Waals surface area contributed by atoms with Crippen molar-refractivity contribution in [1.29, 1.82) is 0 Å². The molecule has 7 aromatic carbocycles. The van der Waals surface area contributed by atoms with Crippen LogP contribution in [0.4, 0.5) is 0 Å². The Balaban J connectivity index is 0.000000255. The minimum absolute atomic E-state index is 0. The molecule has 6 aromatic heterocycles. The van der Waals surface area contributed by atoms with Gasteiger partial charge in [0.2, 0.25) is 0 Å². The first-order chi connectivity index (χ1) is 40.3. The zero-order valence-electron chi connectivity index (χ0n) is 51.7. The molecule has 0 radical (unpaired) electrons. The number of aromatic nitrogens is 6. The third-order valence-electron chi connectivity index (χ3n) is 14.7. The van der Waals surface area contributed by atoms with Crippen LogP contribution in [0.2, 0.25) is 20.2 Å². The molecule has 14 rings (SSSR count). The van der Waals surface area contributed by atoms with Gasteiger partial charge in [-0.1, -0.05) is 192 Å². The minimum atomic E-state index is -0.314. The van der Waals surface area contributed by atoms with Gasteiger partial charge < -0.3 is 20.9 Å². The van der Waals surface area contributed by atoms with Crippen LogP contribution in [0.1, 0.15) is 89.2 Å². The summed E-state index contributed by atoms with van der Waals surface area (Å²) in [6.07, 6.45) is 0. The first-order valence-electron chi connectivity index (χ1n) is 26.8. The van der Waals surface area contributed by atoms with Crippen molar-refractivity contribution in [2.45, 2.75) is 98.7 Å². The molecule has 7 heterocycles. The third-order valence-corrected chi connectivity index (χ3v) is 20.1. The van der Waals surface area contributed by atoms with Crippen molar-refractivity contribution in [3.8, 4) is 11.3 Å². The SMILES string of the molecule is Br.Br.C.CC(C)(C)c1cc(-c2cc3sc4c(Cl)cccc4c3nn2)cc2ccccc12.CC(C)(C)c1cc(B2OC(C)(C)C(C)(C)O2)cc2ccccc12.Clc1cc2sc3c(Cl)cccc3c2nn1.Clc1cccc2c1sc1cc(Br)nnc12.O=CO[O-].[H-].[K+].[K+]. The molecule has 458 valence electrons. The molecule has 1 aliphatic rings. The van der Waals surface area contributed by atoms with Crippen LogP contribution in [-0.4, -0.2) is 55.4 Å². The molecule has 24 heteroatoms. The summed E-state index contributed by atoms with van der Waals surface area (Å²) in [5.74, 6) is 0. The predicted molar refractivity (Wildman–Crippen MR) is 388 cm³/mol. The van der Waals surface area contributed by atoms with Gasteiger partial charge in [0, 0.05) is 21.7 Å². The fourth-order valence-electron chi connectivity index (χ4n) is 9.89. The van der Waals surface area contributed by atoms with E-state index in [2.05, 4.69) is 206 Å². The number of rotatable bonds is 3. The molecule has 90 heavy (non-hydrogen) atoms. The van der Waals surface area contributed by atoms with Crippen LogP contribution in [-0.2, 0) is 29.8 Å². The molecule has 1 fully saturated rings. The number of halogens is 7. The third kappa shape index (κ3) is 17.5. The number of nitrogens with zero attached hydrogens (tertiary/aromatic N) is 6. The maximum Gasteiger partial charge on any atom is 1.00 e. The van der Waals surface area contributed by atoms with Crippen molar-refractivity contribution in [3.63, 3.8) is 0 Å². The second kappa shape index (κ2) is 33.0. The number of carbonyl (C=O) groups is 1. The van der Waals surface area contributed by atoms with Gasteiger partial charge in [0.1, 0.15) is 21.2 Å². The van der Waals surface area contributed by atoms with Crippen molar-refractivity contribution < 1.29 is 128 Å². The van der Waals surface area contributed by atoms with E-state index in [1.54, 1.807) is 34.0 Å². The first kappa shape index (κ1) is 78.9. The maximum atomic E-state index is 8.64. The van der Waals surface area contributed by atoms with Gasteiger partial charge >= 0.3 is 110 Å². The Hall–Kier alpha value is -1.75. The van der Waals surface area contributed by atoms with Crippen LogP contribution in [0.25, 0.3) is 93.7 Å². The summed E-state index contributed by atoms with van der Waals surface area (Å²) in [7, 11) is -0.314. The van der Waals surface area contributed by atoms with Crippen LogP contribution < -0.4 is 113 Å². The van der Waals surface area contributed by atoms with Gasteiger partial charge in [-0.15, -0.1) is 98.6 Å². The van der Waals surface area contributed by atoms with E-state index in [0.29, 0.717) is 5.15 Å². The van der Waals surface area contributed by atoms with E-state index in [1.165, 1.54) is 32.7 Å². The number of carbonyl (C=O) groups excluding carboxylic acids is 1. The Morgan fingerprint density at radius 1 is 0.533 bits per heavy atom. The van der Waals surface area contributed by atoms with Crippen LogP contribution >= 0.6 is 130 Å². The molecule has 1 aliphatic heterocycles. The second-order valence-corrected chi connectivity index (χ2v) is 28.8. The molecule has 0 N–H and O–H groups in total. The number of thiophene rings is 3. The summed E-state index contributed by atoms with van der Waals surface area (Å²) in [6, 6.07) is 49.5. The fraction of sp³-hybridized carbons (Fsp3) is 0.227. The molecule has 1 saturated heterocycles. The summed E-state index contributed by atoms with van der Waals surface area (Å²) in [5, 5.41) is 44.6. The average Bonchev–Trinajstić information content (AvgIpc) is 1.79. The number of hydrogen-bond donors (Lipinski definition) is 0. The summed E-state index contributed by atoms with van der Waals surface area (Å²) in [4.78, 5) is 11.2. The van der Waals surface area contributed by atoms with Gasteiger partial charge in [0.15, 0.2) is 5.15 Å². The predicted octanol–water partition coefficient (Wildman–Crippen LogP) is 14.8. The van der Waals surface area contributed by atoms with Gasteiger partial charge in [-0.3, -0.25) is 4.79 Å². The quantitative estimate of drug-likeness (QED) is 0.0721. The van der Waals surface area contributed by atoms with Crippen LogP contribution in [0.15, 0.2) is 150 Å². The van der Waals surface area contributed by atoms with Gasteiger partial charge in [0.25, 0.3) is 6.47 Å². The van der Waals surface area contributed by atoms with Crippen molar-refractivity contribution >= 4 is 232 Å². The summed E-state index contributed by atoms with van der Waals surface area (Å²) in [6.45, 7) is 21.7. The van der Waals surface area contributed by atoms with E-state index < -0.39 is 0 Å². The number of fused-ring (bicyclic) bond motifs is 11. The fourth-order valence-corrected chi connectivity index (χ4v) is 14.7. The van der Waals surface area contributed by atoms with E-state index in [4.69, 9.17) is 65.8 Å². The molecule has 0 saturated carbocycles. The van der Waals surface area contributed by atoms with E-state index in [9.17, 15) is 0 Å². The van der Waals surface area contributed by atoms with Crippen molar-refractivity contribution in [1.82, 2.24) is 30.6 Å². The zero-order chi connectivity index (χ0) is 60.8. The molecule has 0 bridgehead atoms. The van der Waals surface area contributed by atoms with E-state index in [-0.39, 0.29) is 181 Å². The van der Waals surface area contributed by atoms with Crippen molar-refractivity contribution in [2.24, 2.45) is 0 Å². The number of hydrogen-bond acceptors (Lipinski definition) is 14. The number of benzene rings is 7. The van der Waals surface area contributed by atoms with Gasteiger partial charge in [-0.2, -0.15) is 0 Å². The van der Waals surface area contributed by atoms with E-state index >= 15 is 0 Å². The van der Waals surface area contributed by atoms with Gasteiger partial charge in [-0.25, -0.2) is 0 Å². The molecule has 0 atom stereocenters. The van der Waals surface area contributed by atoms with Crippen LogP contribution in [0.3, 0.4) is 0 Å². The van der Waals surface area contributed by atoms with E-state index in [1.807, 2.05) is 60.7 Å². The summed E-state index contributed by atoms with van der Waals surface area (Å²) < 4.78 is 19.6. The first-order valence-corrected chi connectivity index (χ1v) is 31.6. The van der Waals surface area contributed by atoms with Crippen LogP contribution in [0.5, 0.6) is 0 Å². The van der Waals surface area contributed by atoms with Gasteiger partial charge in [0.05, 0.1) is 60.2 Å². The van der Waals surface area contributed by atoms with Crippen molar-refractivity contribution in [3.05, 3.63) is 182 Å². The molecule has 0 amide bonds. The molecule has 11 nitrogen and oxygen atoms in total. The van der Waals surface area contributed by atoms with E-state index in [0.717, 1.165) is 97.3 Å². The monoisotopic (exact) mass is 1580 g/mol. The van der Waals surface area contributed by atoms with Crippen molar-refractivity contribution in [2.75, 3.05) is 0 Å². The molecular formula is C66H62BBr3Cl4K2N6O5S3.